The molecule has 0 unspecified atom stereocenters. The number of nitrogens with zero attached hydrogens (tertiary/aromatic N) is 3. The molecule has 0 atom stereocenters. The van der Waals surface area contributed by atoms with Gasteiger partial charge >= 0.3 is 6.18 Å². The first-order valence-corrected chi connectivity index (χ1v) is 8.19. The molecule has 0 N–H and O–H groups in total. The summed E-state index contributed by atoms with van der Waals surface area (Å²) in [6, 6.07) is 8.40. The number of piperazine rings is 1. The highest BCUT2D eigenvalue weighted by Gasteiger charge is 2.30. The van der Waals surface area contributed by atoms with Gasteiger partial charge in [-0.1, -0.05) is 18.2 Å². The van der Waals surface area contributed by atoms with E-state index in [1.54, 1.807) is 17.0 Å². The van der Waals surface area contributed by atoms with E-state index in [9.17, 15) is 23.2 Å². The molecular weight excluding hydrogens is 347 g/mol. The van der Waals surface area contributed by atoms with Crippen molar-refractivity contribution in [2.24, 2.45) is 0 Å². The molecular formula is C18H18F3N3O2. The van der Waals surface area contributed by atoms with Crippen LogP contribution >= 0.6 is 0 Å². The zero-order valence-electron chi connectivity index (χ0n) is 13.9. The van der Waals surface area contributed by atoms with E-state index in [-0.39, 0.29) is 5.91 Å². The number of carbonyl (C=O) groups is 1. The lowest BCUT2D eigenvalue weighted by Gasteiger charge is -2.34. The number of halogens is 3. The van der Waals surface area contributed by atoms with E-state index in [0.717, 1.165) is 12.1 Å². The van der Waals surface area contributed by atoms with Crippen molar-refractivity contribution in [3.8, 4) is 0 Å². The van der Waals surface area contributed by atoms with Crippen molar-refractivity contribution in [3.63, 3.8) is 0 Å². The van der Waals surface area contributed by atoms with Crippen LogP contribution in [0, 0.1) is 5.21 Å². The van der Waals surface area contributed by atoms with Gasteiger partial charge in [0, 0.05) is 38.8 Å². The second-order valence-corrected chi connectivity index (χ2v) is 6.22. The Bertz CT molecular complexity index is 787. The zero-order chi connectivity index (χ0) is 18.7. The molecule has 2 aromatic rings. The summed E-state index contributed by atoms with van der Waals surface area (Å²) in [5, 5.41) is 11.3. The third kappa shape index (κ3) is 4.32. The van der Waals surface area contributed by atoms with Crippen LogP contribution in [-0.4, -0.2) is 41.9 Å². The van der Waals surface area contributed by atoms with Gasteiger partial charge < -0.3 is 10.1 Å². The van der Waals surface area contributed by atoms with Crippen LogP contribution in [0.3, 0.4) is 0 Å². The van der Waals surface area contributed by atoms with Gasteiger partial charge in [-0.3, -0.25) is 9.69 Å². The summed E-state index contributed by atoms with van der Waals surface area (Å²) in [6.07, 6.45) is -1.81. The molecule has 0 saturated carbocycles. The molecule has 0 aliphatic carbocycles. The molecule has 5 nitrogen and oxygen atoms in total. The summed E-state index contributed by atoms with van der Waals surface area (Å²) < 4.78 is 39.0. The van der Waals surface area contributed by atoms with Crippen LogP contribution < -0.4 is 4.73 Å². The summed E-state index contributed by atoms with van der Waals surface area (Å²) in [4.78, 5) is 16.1. The van der Waals surface area contributed by atoms with E-state index >= 15 is 0 Å². The smallest absolute Gasteiger partial charge is 0.416 e. The summed E-state index contributed by atoms with van der Waals surface area (Å²) in [5.74, 6) is -0.214. The maximum absolute atomic E-state index is 12.8. The molecule has 0 bridgehead atoms. The van der Waals surface area contributed by atoms with E-state index in [1.165, 1.54) is 24.5 Å². The summed E-state index contributed by atoms with van der Waals surface area (Å²) in [7, 11) is 0. The number of amides is 1. The maximum atomic E-state index is 12.8. The fourth-order valence-corrected chi connectivity index (χ4v) is 2.98. The molecule has 1 fully saturated rings. The van der Waals surface area contributed by atoms with E-state index in [4.69, 9.17) is 0 Å². The number of hydrogen-bond donors (Lipinski definition) is 0. The summed E-state index contributed by atoms with van der Waals surface area (Å²) >= 11 is 0. The first-order chi connectivity index (χ1) is 12.3. The minimum absolute atomic E-state index is 0.214. The first-order valence-electron chi connectivity index (χ1n) is 8.19. The highest BCUT2D eigenvalue weighted by Crippen LogP contribution is 2.29. The largest absolute Gasteiger partial charge is 0.619 e. The lowest BCUT2D eigenvalue weighted by atomic mass is 10.1. The van der Waals surface area contributed by atoms with Crippen molar-refractivity contribution in [1.29, 1.82) is 0 Å². The fraction of sp³-hybridized carbons (Fsp3) is 0.333. The third-order valence-corrected chi connectivity index (χ3v) is 4.34. The van der Waals surface area contributed by atoms with Gasteiger partial charge in [0.25, 0.3) is 5.91 Å². The predicted octanol–water partition coefficient (Wildman–Crippen LogP) is 2.30. The van der Waals surface area contributed by atoms with Gasteiger partial charge in [0.1, 0.15) is 5.56 Å². The molecule has 1 aromatic carbocycles. The molecule has 3 rings (SSSR count). The lowest BCUT2D eigenvalue weighted by Crippen LogP contribution is -2.48. The van der Waals surface area contributed by atoms with Crippen molar-refractivity contribution in [3.05, 3.63) is 70.7 Å². The normalized spacial score (nSPS) is 15.9. The van der Waals surface area contributed by atoms with Gasteiger partial charge in [0.15, 0.2) is 12.4 Å². The molecule has 1 amide bonds. The Morgan fingerprint density at radius 1 is 1.12 bits per heavy atom. The molecule has 0 radical (unpaired) electrons. The Balaban J connectivity index is 1.58. The van der Waals surface area contributed by atoms with Gasteiger partial charge in [0.05, 0.1) is 5.56 Å². The summed E-state index contributed by atoms with van der Waals surface area (Å²) in [6.45, 7) is 2.45. The second kappa shape index (κ2) is 7.33. The fourth-order valence-electron chi connectivity index (χ4n) is 2.98. The Labute approximate surface area is 148 Å². The molecule has 138 valence electrons. The average Bonchev–Trinajstić information content (AvgIpc) is 2.61. The lowest BCUT2D eigenvalue weighted by molar-refractivity contribution is -0.605. The monoisotopic (exact) mass is 365 g/mol. The molecule has 1 saturated heterocycles. The van der Waals surface area contributed by atoms with Crippen molar-refractivity contribution >= 4 is 5.91 Å². The SMILES string of the molecule is O=C(c1ccc[n+]([O-])c1)N1CCN(Cc2cccc(C(F)(F)F)c2)CC1. The highest BCUT2D eigenvalue weighted by molar-refractivity contribution is 5.93. The van der Waals surface area contributed by atoms with Gasteiger partial charge in [-0.2, -0.15) is 17.9 Å². The van der Waals surface area contributed by atoms with E-state index in [1.807, 2.05) is 4.90 Å². The Morgan fingerprint density at radius 3 is 2.50 bits per heavy atom. The van der Waals surface area contributed by atoms with Gasteiger partial charge in [-0.25, -0.2) is 0 Å². The van der Waals surface area contributed by atoms with E-state index < -0.39 is 11.7 Å². The molecule has 2 heterocycles. The van der Waals surface area contributed by atoms with Crippen molar-refractivity contribution in [2.45, 2.75) is 12.7 Å². The molecule has 1 aliphatic rings. The topological polar surface area (TPSA) is 50.5 Å². The number of alkyl halides is 3. The standard InChI is InChI=1S/C18H18F3N3O2/c19-18(20,21)16-5-1-3-14(11-16)12-22-7-9-23(10-8-22)17(25)15-4-2-6-24(26)13-15/h1-6,11,13H,7-10,12H2. The predicted molar refractivity (Wildman–Crippen MR) is 88.0 cm³/mol. The average molecular weight is 365 g/mol. The third-order valence-electron chi connectivity index (χ3n) is 4.34. The van der Waals surface area contributed by atoms with Crippen LogP contribution in [0.2, 0.25) is 0 Å². The number of pyridine rings is 1. The van der Waals surface area contributed by atoms with Crippen LogP contribution in [0.15, 0.2) is 48.8 Å². The molecule has 1 aliphatic heterocycles. The molecule has 26 heavy (non-hydrogen) atoms. The van der Waals surface area contributed by atoms with Crippen LogP contribution in [0.5, 0.6) is 0 Å². The molecule has 1 aromatic heterocycles. The van der Waals surface area contributed by atoms with Gasteiger partial charge in [0.2, 0.25) is 0 Å². The van der Waals surface area contributed by atoms with Crippen LogP contribution in [0.4, 0.5) is 13.2 Å². The number of benzene rings is 1. The zero-order valence-corrected chi connectivity index (χ0v) is 13.9. The quantitative estimate of drug-likeness (QED) is 0.620. The van der Waals surface area contributed by atoms with Crippen molar-refractivity contribution < 1.29 is 22.7 Å². The molecule has 0 spiro atoms. The van der Waals surface area contributed by atoms with Gasteiger partial charge in [-0.15, -0.1) is 0 Å². The van der Waals surface area contributed by atoms with Crippen LogP contribution in [0.25, 0.3) is 0 Å². The van der Waals surface area contributed by atoms with E-state index in [2.05, 4.69) is 0 Å². The minimum Gasteiger partial charge on any atom is -0.619 e. The number of hydrogen-bond acceptors (Lipinski definition) is 3. The number of carbonyl (C=O) groups excluding carboxylic acids is 1. The Morgan fingerprint density at radius 2 is 1.85 bits per heavy atom. The highest BCUT2D eigenvalue weighted by atomic mass is 19.4. The Hall–Kier alpha value is -2.61. The first kappa shape index (κ1) is 18.2. The number of rotatable bonds is 3. The van der Waals surface area contributed by atoms with Crippen molar-refractivity contribution in [1.82, 2.24) is 9.80 Å². The number of aromatic nitrogens is 1. The summed E-state index contributed by atoms with van der Waals surface area (Å²) in [5.41, 5.74) is 0.266. The van der Waals surface area contributed by atoms with E-state index in [0.29, 0.717) is 48.6 Å². The van der Waals surface area contributed by atoms with Gasteiger partial charge in [-0.05, 0) is 17.7 Å². The van der Waals surface area contributed by atoms with Crippen LogP contribution in [-0.2, 0) is 12.7 Å². The maximum Gasteiger partial charge on any atom is 0.416 e. The minimum atomic E-state index is -4.35. The second-order valence-electron chi connectivity index (χ2n) is 6.22. The van der Waals surface area contributed by atoms with Crippen molar-refractivity contribution in [2.75, 3.05) is 26.2 Å². The van der Waals surface area contributed by atoms with Crippen LogP contribution in [0.1, 0.15) is 21.5 Å². The molecule has 8 heteroatoms. The Kier molecular flexibility index (Phi) is 5.13.